The number of esters is 1. The number of hydrogen-bond donors (Lipinski definition) is 2. The predicted octanol–water partition coefficient (Wildman–Crippen LogP) is 6.23. The number of ether oxygens (including phenoxy) is 1. The molecular weight excluding hydrogens is 436 g/mol. The summed E-state index contributed by atoms with van der Waals surface area (Å²) < 4.78 is 5.50. The standard InChI is InChI=1S/C31H52O4/c1-19(18-32)20-10-15-31(26(34)35-7)17-16-29(5)21(25(20)31)8-9-23-28(4)13-12-24(33)27(2,3)22(28)11-14-30(23,29)6/h19-25,32-33H,8-18H2,1-7H3/t19?,20?,21?,22?,23?,24-,25?,28-,29+,30+,31-/m0/s1. The van der Waals surface area contributed by atoms with E-state index in [1.165, 1.54) is 25.7 Å². The highest BCUT2D eigenvalue weighted by atomic mass is 16.5. The summed E-state index contributed by atoms with van der Waals surface area (Å²) in [5, 5.41) is 21.1. The minimum atomic E-state index is -0.353. The van der Waals surface area contributed by atoms with E-state index in [1.807, 2.05) is 0 Å². The Hall–Kier alpha value is -0.610. The van der Waals surface area contributed by atoms with Gasteiger partial charge in [0.2, 0.25) is 0 Å². The summed E-state index contributed by atoms with van der Waals surface area (Å²) in [6.07, 6.45) is 10.8. The number of aliphatic hydroxyl groups is 2. The Morgan fingerprint density at radius 2 is 1.60 bits per heavy atom. The first-order chi connectivity index (χ1) is 16.3. The zero-order valence-corrected chi connectivity index (χ0v) is 23.5. The van der Waals surface area contributed by atoms with Crippen molar-refractivity contribution >= 4 is 5.97 Å². The number of rotatable bonds is 3. The maximum absolute atomic E-state index is 13.4. The highest BCUT2D eigenvalue weighted by Crippen LogP contribution is 2.77. The second-order valence-electron chi connectivity index (χ2n) is 15.1. The van der Waals surface area contributed by atoms with Crippen molar-refractivity contribution in [2.75, 3.05) is 13.7 Å². The van der Waals surface area contributed by atoms with Crippen LogP contribution in [0.1, 0.15) is 106 Å². The lowest BCUT2D eigenvalue weighted by Crippen LogP contribution is -2.67. The topological polar surface area (TPSA) is 66.8 Å². The SMILES string of the molecule is COC(=O)[C@]12CCC(C(C)CO)C1C1CCC3[C@@]4(C)CC[C@H](O)C(C)(C)C4CC[C@@]3(C)[C@]1(C)CC2. The third-order valence-corrected chi connectivity index (χ3v) is 14.1. The Morgan fingerprint density at radius 3 is 2.26 bits per heavy atom. The highest BCUT2D eigenvalue weighted by Gasteiger charge is 2.72. The molecule has 0 spiro atoms. The van der Waals surface area contributed by atoms with E-state index in [1.54, 1.807) is 7.11 Å². The van der Waals surface area contributed by atoms with E-state index in [9.17, 15) is 15.0 Å². The Bertz CT molecular complexity index is 853. The third kappa shape index (κ3) is 3.14. The van der Waals surface area contributed by atoms with Crippen LogP contribution in [0.2, 0.25) is 0 Å². The van der Waals surface area contributed by atoms with Gasteiger partial charge >= 0.3 is 5.97 Å². The fourth-order valence-electron chi connectivity index (χ4n) is 12.0. The summed E-state index contributed by atoms with van der Waals surface area (Å²) in [7, 11) is 1.57. The van der Waals surface area contributed by atoms with Crippen LogP contribution in [0, 0.1) is 62.6 Å². The van der Waals surface area contributed by atoms with Crippen LogP contribution in [-0.2, 0) is 9.53 Å². The molecule has 0 aromatic carbocycles. The van der Waals surface area contributed by atoms with Gasteiger partial charge in [0.25, 0.3) is 0 Å². The van der Waals surface area contributed by atoms with Gasteiger partial charge in [0.1, 0.15) is 0 Å². The van der Waals surface area contributed by atoms with Gasteiger partial charge in [0.15, 0.2) is 0 Å². The number of carbonyl (C=O) groups is 1. The largest absolute Gasteiger partial charge is 0.469 e. The molecule has 2 N–H and O–H groups in total. The van der Waals surface area contributed by atoms with Crippen molar-refractivity contribution in [3.63, 3.8) is 0 Å². The molecule has 35 heavy (non-hydrogen) atoms. The van der Waals surface area contributed by atoms with Gasteiger partial charge in [0.05, 0.1) is 18.6 Å². The fraction of sp³-hybridized carbons (Fsp3) is 0.968. The van der Waals surface area contributed by atoms with Crippen molar-refractivity contribution in [3.8, 4) is 0 Å². The normalized spacial score (nSPS) is 53.5. The summed E-state index contributed by atoms with van der Waals surface area (Å²) in [5.41, 5.74) is 0.343. The molecule has 0 aromatic heterocycles. The molecule has 0 amide bonds. The lowest BCUT2D eigenvalue weighted by atomic mass is 9.32. The van der Waals surface area contributed by atoms with E-state index in [2.05, 4.69) is 41.5 Å². The molecule has 5 aliphatic rings. The second kappa shape index (κ2) is 8.19. The summed E-state index contributed by atoms with van der Waals surface area (Å²) in [4.78, 5) is 13.4. The fourth-order valence-corrected chi connectivity index (χ4v) is 12.0. The van der Waals surface area contributed by atoms with Gasteiger partial charge in [-0.25, -0.2) is 0 Å². The van der Waals surface area contributed by atoms with E-state index >= 15 is 0 Å². The van der Waals surface area contributed by atoms with Gasteiger partial charge in [-0.15, -0.1) is 0 Å². The van der Waals surface area contributed by atoms with E-state index in [0.717, 1.165) is 38.5 Å². The van der Waals surface area contributed by atoms with Crippen LogP contribution < -0.4 is 0 Å². The Morgan fingerprint density at radius 1 is 0.886 bits per heavy atom. The molecule has 4 nitrogen and oxygen atoms in total. The number of carbonyl (C=O) groups excluding carboxylic acids is 1. The van der Waals surface area contributed by atoms with Gasteiger partial charge in [-0.1, -0.05) is 41.5 Å². The van der Waals surface area contributed by atoms with Crippen LogP contribution in [0.4, 0.5) is 0 Å². The number of aliphatic hydroxyl groups excluding tert-OH is 2. The summed E-state index contributed by atoms with van der Waals surface area (Å²) in [6, 6.07) is 0. The van der Waals surface area contributed by atoms with Crippen molar-refractivity contribution in [1.29, 1.82) is 0 Å². The molecule has 4 heteroatoms. The summed E-state index contributed by atoms with van der Waals surface area (Å²) >= 11 is 0. The first-order valence-electron chi connectivity index (χ1n) is 14.7. The van der Waals surface area contributed by atoms with Crippen molar-refractivity contribution in [2.45, 2.75) is 112 Å². The van der Waals surface area contributed by atoms with Crippen LogP contribution in [0.5, 0.6) is 0 Å². The average molecular weight is 489 g/mol. The van der Waals surface area contributed by atoms with Crippen LogP contribution >= 0.6 is 0 Å². The Kier molecular flexibility index (Phi) is 6.09. The maximum atomic E-state index is 13.4. The molecular formula is C31H52O4. The minimum absolute atomic E-state index is 0.0168. The zero-order valence-electron chi connectivity index (χ0n) is 23.5. The number of hydrogen-bond acceptors (Lipinski definition) is 4. The summed E-state index contributed by atoms with van der Waals surface area (Å²) in [5.74, 6) is 2.73. The van der Waals surface area contributed by atoms with E-state index in [4.69, 9.17) is 4.74 Å². The molecule has 5 aliphatic carbocycles. The lowest BCUT2D eigenvalue weighted by molar-refractivity contribution is -0.250. The van der Waals surface area contributed by atoms with Crippen LogP contribution in [-0.4, -0.2) is 36.0 Å². The van der Waals surface area contributed by atoms with Crippen LogP contribution in [0.25, 0.3) is 0 Å². The molecule has 5 saturated carbocycles. The van der Waals surface area contributed by atoms with Crippen molar-refractivity contribution in [1.82, 2.24) is 0 Å². The van der Waals surface area contributed by atoms with Crippen molar-refractivity contribution < 1.29 is 19.7 Å². The monoisotopic (exact) mass is 488 g/mol. The van der Waals surface area contributed by atoms with Crippen molar-refractivity contribution in [3.05, 3.63) is 0 Å². The smallest absolute Gasteiger partial charge is 0.312 e. The van der Waals surface area contributed by atoms with E-state index in [-0.39, 0.29) is 51.7 Å². The lowest BCUT2D eigenvalue weighted by Gasteiger charge is -2.72. The Balaban J connectivity index is 1.56. The number of fused-ring (bicyclic) bond motifs is 7. The molecule has 0 saturated heterocycles. The van der Waals surface area contributed by atoms with Crippen LogP contribution in [0.3, 0.4) is 0 Å². The number of methoxy groups -OCH3 is 1. The molecule has 5 fully saturated rings. The van der Waals surface area contributed by atoms with Gasteiger partial charge in [0, 0.05) is 6.61 Å². The molecule has 5 rings (SSSR count). The first-order valence-corrected chi connectivity index (χ1v) is 14.7. The van der Waals surface area contributed by atoms with Gasteiger partial charge in [-0.3, -0.25) is 4.79 Å². The van der Waals surface area contributed by atoms with E-state index in [0.29, 0.717) is 29.6 Å². The highest BCUT2D eigenvalue weighted by molar-refractivity contribution is 5.78. The third-order valence-electron chi connectivity index (χ3n) is 14.1. The quantitative estimate of drug-likeness (QED) is 0.462. The maximum Gasteiger partial charge on any atom is 0.312 e. The minimum Gasteiger partial charge on any atom is -0.469 e. The van der Waals surface area contributed by atoms with E-state index < -0.39 is 0 Å². The molecule has 0 aliphatic heterocycles. The average Bonchev–Trinajstić information content (AvgIpc) is 3.22. The molecule has 6 unspecified atom stereocenters. The molecule has 0 radical (unpaired) electrons. The molecule has 0 aromatic rings. The van der Waals surface area contributed by atoms with Crippen molar-refractivity contribution in [2.24, 2.45) is 62.6 Å². The summed E-state index contributed by atoms with van der Waals surface area (Å²) in [6.45, 7) is 14.8. The van der Waals surface area contributed by atoms with Gasteiger partial charge in [-0.2, -0.15) is 0 Å². The Labute approximate surface area is 214 Å². The molecule has 11 atom stereocenters. The molecule has 200 valence electrons. The zero-order chi connectivity index (χ0) is 25.6. The molecule has 0 heterocycles. The predicted molar refractivity (Wildman–Crippen MR) is 138 cm³/mol. The van der Waals surface area contributed by atoms with Crippen LogP contribution in [0.15, 0.2) is 0 Å². The first kappa shape index (κ1) is 26.0. The second-order valence-corrected chi connectivity index (χ2v) is 15.1. The van der Waals surface area contributed by atoms with Gasteiger partial charge < -0.3 is 14.9 Å². The molecule has 0 bridgehead atoms. The van der Waals surface area contributed by atoms with Gasteiger partial charge in [-0.05, 0) is 121 Å².